The molecule has 0 aliphatic heterocycles. The molecular weight excluding hydrogens is 685 g/mol. The van der Waals surface area contributed by atoms with Crippen molar-refractivity contribution >= 4 is 58.0 Å². The van der Waals surface area contributed by atoms with E-state index in [1.54, 1.807) is 49.4 Å². The summed E-state index contributed by atoms with van der Waals surface area (Å²) < 4.78 is 13.5. The van der Waals surface area contributed by atoms with Crippen LogP contribution in [0.2, 0.25) is 15.2 Å². The minimum absolute atomic E-state index is 0.0363. The van der Waals surface area contributed by atoms with Gasteiger partial charge in [0, 0.05) is 17.4 Å². The van der Waals surface area contributed by atoms with Gasteiger partial charge in [0.05, 0.1) is 10.0 Å². The second-order valence-electron chi connectivity index (χ2n) is 15.4. The van der Waals surface area contributed by atoms with Crippen molar-refractivity contribution in [3.63, 3.8) is 0 Å². The maximum absolute atomic E-state index is 14.7. The molecule has 49 heavy (non-hydrogen) atoms. The third kappa shape index (κ3) is 7.24. The van der Waals surface area contributed by atoms with Gasteiger partial charge in [-0.3, -0.25) is 4.79 Å². The van der Waals surface area contributed by atoms with Gasteiger partial charge < -0.3 is 20.3 Å². The lowest BCUT2D eigenvalue weighted by Gasteiger charge is -2.50. The molecule has 1 saturated carbocycles. The van der Waals surface area contributed by atoms with Gasteiger partial charge in [-0.1, -0.05) is 108 Å². The van der Waals surface area contributed by atoms with Crippen molar-refractivity contribution in [2.24, 2.45) is 28.6 Å². The standard InChI is InChI=1S/C38H44Cl3N3O5/c1-19-16-23(37(3,4)5)31(24(17-19)38(6,7)8)49-36(47)28-27(21-14-15-25(39)26(40)18-21)32(41)44-34(28)43-33(42)29(35(44)46)30(45)20(2)48-22-12-10-9-11-13-22/h9-15,18-20,23-24,31,45H,16-17H2,1-8H3,(H2,42,43)/b30-29+. The summed E-state index contributed by atoms with van der Waals surface area (Å²) in [6, 6.07) is 13.6. The molecule has 1 aliphatic carbocycles. The van der Waals surface area contributed by atoms with Gasteiger partial charge in [0.15, 0.2) is 11.8 Å². The average Bonchev–Trinajstić information content (AvgIpc) is 3.30. The smallest absolute Gasteiger partial charge is 0.342 e. The van der Waals surface area contributed by atoms with E-state index in [0.717, 1.165) is 17.2 Å². The first-order valence-electron chi connectivity index (χ1n) is 16.5. The molecule has 1 fully saturated rings. The zero-order valence-electron chi connectivity index (χ0n) is 29.1. The first-order valence-corrected chi connectivity index (χ1v) is 17.6. The summed E-state index contributed by atoms with van der Waals surface area (Å²) in [6.45, 7) is 16.8. The quantitative estimate of drug-likeness (QED) is 0.190. The van der Waals surface area contributed by atoms with E-state index in [1.807, 2.05) is 6.07 Å². The molecule has 3 unspecified atom stereocenters. The number of hydrogen-bond acceptors (Lipinski definition) is 7. The van der Waals surface area contributed by atoms with Crippen LogP contribution in [0.5, 0.6) is 5.75 Å². The maximum atomic E-state index is 14.7. The minimum atomic E-state index is -0.970. The number of para-hydroxylation sites is 1. The van der Waals surface area contributed by atoms with E-state index in [1.165, 1.54) is 0 Å². The van der Waals surface area contributed by atoms with E-state index in [0.29, 0.717) is 22.3 Å². The summed E-state index contributed by atoms with van der Waals surface area (Å²) in [4.78, 5) is 33.4. The van der Waals surface area contributed by atoms with Gasteiger partial charge in [-0.15, -0.1) is 0 Å². The molecule has 1 aliphatic rings. The Morgan fingerprint density at radius 3 is 2.12 bits per heavy atom. The number of nitrogens with two attached hydrogens (primary N) is 1. The first-order chi connectivity index (χ1) is 22.8. The van der Waals surface area contributed by atoms with Crippen molar-refractivity contribution in [1.82, 2.24) is 9.38 Å². The van der Waals surface area contributed by atoms with Crippen LogP contribution in [0.15, 0.2) is 53.3 Å². The number of nitrogens with zero attached hydrogens (tertiary/aromatic N) is 2. The van der Waals surface area contributed by atoms with Crippen LogP contribution >= 0.6 is 34.8 Å². The molecule has 0 radical (unpaired) electrons. The normalized spacial score (nSPS) is 21.4. The Kier molecular flexibility index (Phi) is 10.3. The van der Waals surface area contributed by atoms with Gasteiger partial charge in [0.2, 0.25) is 0 Å². The second-order valence-corrected chi connectivity index (χ2v) is 16.5. The largest absolute Gasteiger partial charge is 0.507 e. The van der Waals surface area contributed by atoms with Crippen LogP contribution in [-0.2, 0) is 4.74 Å². The molecule has 0 bridgehead atoms. The number of aliphatic hydroxyl groups excluding tert-OH is 1. The highest BCUT2D eigenvalue weighted by molar-refractivity contribution is 6.42. The predicted octanol–water partition coefficient (Wildman–Crippen LogP) is 9.04. The number of ether oxygens (including phenoxy) is 2. The Hall–Kier alpha value is -3.46. The second kappa shape index (κ2) is 13.7. The fraction of sp³-hybridized carbons (Fsp3) is 0.447. The summed E-state index contributed by atoms with van der Waals surface area (Å²) >= 11 is 19.7. The number of carbonyl (C=O) groups excluding carboxylic acids is 1. The van der Waals surface area contributed by atoms with Crippen LogP contribution in [0, 0.1) is 28.6 Å². The molecular formula is C38H44Cl3N3O5. The van der Waals surface area contributed by atoms with Crippen LogP contribution in [0.25, 0.3) is 22.5 Å². The van der Waals surface area contributed by atoms with Crippen molar-refractivity contribution in [2.75, 3.05) is 5.73 Å². The maximum Gasteiger partial charge on any atom is 0.342 e. The van der Waals surface area contributed by atoms with E-state index in [-0.39, 0.29) is 60.7 Å². The van der Waals surface area contributed by atoms with Crippen molar-refractivity contribution in [3.05, 3.63) is 84.9 Å². The SMILES string of the molecule is CC1CC(C(C)(C)C)C(OC(=O)c2c(-c3ccc(Cl)c(Cl)c3)c(Cl)n3c(=O)/c(=C(/O)C(C)Oc4ccccc4)c(N)nc23)C(C(C)(C)C)C1. The molecule has 4 aromatic rings. The number of rotatable bonds is 6. The molecule has 262 valence electrons. The summed E-state index contributed by atoms with van der Waals surface area (Å²) in [6.07, 6.45) is 0.378. The number of aliphatic hydroxyl groups is 1. The summed E-state index contributed by atoms with van der Waals surface area (Å²) in [7, 11) is 0. The van der Waals surface area contributed by atoms with E-state index < -0.39 is 29.5 Å². The molecule has 8 nitrogen and oxygen atoms in total. The Balaban J connectivity index is 1.74. The number of fused-ring (bicyclic) bond motifs is 1. The van der Waals surface area contributed by atoms with E-state index in [2.05, 4.69) is 53.5 Å². The van der Waals surface area contributed by atoms with E-state index in [9.17, 15) is 14.7 Å². The summed E-state index contributed by atoms with van der Waals surface area (Å²) in [5.41, 5.74) is 5.75. The van der Waals surface area contributed by atoms with Gasteiger partial charge in [-0.25, -0.2) is 14.2 Å². The average molecular weight is 729 g/mol. The van der Waals surface area contributed by atoms with E-state index >= 15 is 0 Å². The van der Waals surface area contributed by atoms with Gasteiger partial charge in [0.25, 0.3) is 5.56 Å². The Bertz CT molecular complexity index is 1980. The zero-order chi connectivity index (χ0) is 36.2. The highest BCUT2D eigenvalue weighted by Crippen LogP contribution is 2.50. The Morgan fingerprint density at radius 2 is 1.57 bits per heavy atom. The molecule has 0 spiro atoms. The molecule has 0 saturated heterocycles. The first kappa shape index (κ1) is 36.8. The topological polar surface area (TPSA) is 116 Å². The fourth-order valence-electron chi connectivity index (χ4n) is 7.08. The predicted molar refractivity (Wildman–Crippen MR) is 198 cm³/mol. The molecule has 2 aromatic carbocycles. The van der Waals surface area contributed by atoms with Gasteiger partial charge in [-0.2, -0.15) is 0 Å². The lowest BCUT2D eigenvalue weighted by Crippen LogP contribution is -2.49. The van der Waals surface area contributed by atoms with Gasteiger partial charge >= 0.3 is 5.97 Å². The number of carbonyl (C=O) groups is 1. The minimum Gasteiger partial charge on any atom is -0.507 e. The number of anilines is 1. The number of esters is 1. The van der Waals surface area contributed by atoms with Gasteiger partial charge in [-0.05, 0) is 66.3 Å². The molecule has 2 heterocycles. The molecule has 11 heteroatoms. The van der Waals surface area contributed by atoms with Gasteiger partial charge in [0.1, 0.15) is 39.4 Å². The lowest BCUT2D eigenvalue weighted by atomic mass is 9.59. The highest BCUT2D eigenvalue weighted by Gasteiger charge is 2.48. The van der Waals surface area contributed by atoms with Crippen molar-refractivity contribution in [1.29, 1.82) is 0 Å². The number of benzene rings is 2. The lowest BCUT2D eigenvalue weighted by molar-refractivity contribution is -0.0922. The molecule has 3 atom stereocenters. The van der Waals surface area contributed by atoms with Crippen LogP contribution < -0.4 is 21.2 Å². The molecule has 3 N–H and O–H groups in total. The Morgan fingerprint density at radius 1 is 0.980 bits per heavy atom. The fourth-order valence-corrected chi connectivity index (χ4v) is 7.74. The van der Waals surface area contributed by atoms with Crippen LogP contribution in [-0.4, -0.2) is 32.7 Å². The van der Waals surface area contributed by atoms with Crippen LogP contribution in [0.1, 0.15) is 78.6 Å². The van der Waals surface area contributed by atoms with Crippen LogP contribution in [0.3, 0.4) is 0 Å². The van der Waals surface area contributed by atoms with Crippen molar-refractivity contribution < 1.29 is 19.4 Å². The number of aromatic nitrogens is 2. The zero-order valence-corrected chi connectivity index (χ0v) is 31.4. The van der Waals surface area contributed by atoms with Crippen molar-refractivity contribution in [2.45, 2.75) is 80.4 Å². The Labute approximate surface area is 302 Å². The van der Waals surface area contributed by atoms with Crippen molar-refractivity contribution in [3.8, 4) is 16.9 Å². The number of hydrogen-bond donors (Lipinski definition) is 2. The monoisotopic (exact) mass is 727 g/mol. The third-order valence-electron chi connectivity index (χ3n) is 9.67. The van der Waals surface area contributed by atoms with E-state index in [4.69, 9.17) is 50.0 Å². The number of nitrogen functional groups attached to an aromatic ring is 1. The highest BCUT2D eigenvalue weighted by atomic mass is 35.5. The molecule has 0 amide bonds. The summed E-state index contributed by atoms with van der Waals surface area (Å²) in [5, 5.41) is 11.4. The molecule has 5 rings (SSSR count). The third-order valence-corrected chi connectivity index (χ3v) is 10.8. The van der Waals surface area contributed by atoms with Crippen LogP contribution in [0.4, 0.5) is 5.82 Å². The summed E-state index contributed by atoms with van der Waals surface area (Å²) in [5.74, 6) is -0.399. The number of halogens is 3. The molecule has 2 aromatic heterocycles.